The number of nitrogens with two attached hydrogens (primary N) is 1. The zero-order valence-electron chi connectivity index (χ0n) is 16.9. The summed E-state index contributed by atoms with van der Waals surface area (Å²) < 4.78 is 11.8. The van der Waals surface area contributed by atoms with Gasteiger partial charge >= 0.3 is 0 Å². The van der Waals surface area contributed by atoms with Crippen LogP contribution < -0.4 is 15.4 Å². The molecule has 150 valence electrons. The van der Waals surface area contributed by atoms with Gasteiger partial charge in [0.2, 0.25) is 0 Å². The molecule has 1 aromatic heterocycles. The summed E-state index contributed by atoms with van der Waals surface area (Å²) in [5, 5.41) is 0. The van der Waals surface area contributed by atoms with Crippen LogP contribution in [0.25, 0.3) is 11.4 Å². The maximum atomic E-state index is 6.21. The fourth-order valence-corrected chi connectivity index (χ4v) is 4.09. The van der Waals surface area contributed by atoms with Gasteiger partial charge in [-0.15, -0.1) is 0 Å². The molecule has 0 radical (unpaired) electrons. The fraction of sp³-hybridized carbons (Fsp3) is 0.524. The highest BCUT2D eigenvalue weighted by atomic mass is 32.2. The molecule has 1 aromatic carbocycles. The van der Waals surface area contributed by atoms with E-state index in [1.165, 1.54) is 0 Å². The van der Waals surface area contributed by atoms with E-state index >= 15 is 0 Å². The van der Waals surface area contributed by atoms with Gasteiger partial charge in [0.1, 0.15) is 12.3 Å². The Morgan fingerprint density at radius 1 is 1.18 bits per heavy atom. The molecule has 2 N–H and O–H groups in total. The van der Waals surface area contributed by atoms with Crippen molar-refractivity contribution in [3.63, 3.8) is 0 Å². The highest BCUT2D eigenvalue weighted by molar-refractivity contribution is 7.99. The van der Waals surface area contributed by atoms with Crippen LogP contribution in [0, 0.1) is 0 Å². The zero-order valence-corrected chi connectivity index (χ0v) is 17.8. The van der Waals surface area contributed by atoms with Gasteiger partial charge in [-0.2, -0.15) is 11.8 Å². The van der Waals surface area contributed by atoms with Crippen LogP contribution in [0.3, 0.4) is 0 Å². The number of rotatable bonds is 4. The molecule has 0 aliphatic carbocycles. The number of anilines is 1. The molecule has 2 aliphatic rings. The van der Waals surface area contributed by atoms with Gasteiger partial charge in [-0.3, -0.25) is 0 Å². The van der Waals surface area contributed by atoms with E-state index in [0.717, 1.165) is 34.2 Å². The number of fused-ring (bicyclic) bond motifs is 3. The van der Waals surface area contributed by atoms with Crippen LogP contribution in [0.4, 0.5) is 5.82 Å². The zero-order chi connectivity index (χ0) is 19.9. The Labute approximate surface area is 170 Å². The summed E-state index contributed by atoms with van der Waals surface area (Å²) in [5.74, 6) is 2.42. The van der Waals surface area contributed by atoms with Gasteiger partial charge in [-0.25, -0.2) is 9.97 Å². The quantitative estimate of drug-likeness (QED) is 0.845. The Morgan fingerprint density at radius 3 is 2.61 bits per heavy atom. The minimum absolute atomic E-state index is 0.184. The molecule has 4 rings (SSSR count). The van der Waals surface area contributed by atoms with Gasteiger partial charge in [-0.1, -0.05) is 24.3 Å². The molecule has 1 fully saturated rings. The number of ether oxygens (including phenoxy) is 2. The molecule has 7 heteroatoms. The number of thioether (sulfide) groups is 1. The lowest BCUT2D eigenvalue weighted by Gasteiger charge is -2.45. The van der Waals surface area contributed by atoms with E-state index in [2.05, 4.69) is 31.9 Å². The van der Waals surface area contributed by atoms with Crippen molar-refractivity contribution in [2.24, 2.45) is 5.73 Å². The number of benzene rings is 1. The third kappa shape index (κ3) is 3.36. The lowest BCUT2D eigenvalue weighted by atomic mass is 10.0. The van der Waals surface area contributed by atoms with Gasteiger partial charge in [0.05, 0.1) is 30.0 Å². The molecule has 0 unspecified atom stereocenters. The first-order valence-corrected chi connectivity index (χ1v) is 10.9. The fourth-order valence-electron chi connectivity index (χ4n) is 3.76. The van der Waals surface area contributed by atoms with Crippen molar-refractivity contribution in [2.45, 2.75) is 44.1 Å². The van der Waals surface area contributed by atoms with Crippen molar-refractivity contribution in [2.75, 3.05) is 31.0 Å². The summed E-state index contributed by atoms with van der Waals surface area (Å²) in [6.07, 6.45) is 2.10. The van der Waals surface area contributed by atoms with E-state index in [9.17, 15) is 0 Å². The average molecular weight is 401 g/mol. The number of nitrogens with zero attached hydrogens (tertiary/aromatic N) is 3. The lowest BCUT2D eigenvalue weighted by Crippen LogP contribution is -2.56. The van der Waals surface area contributed by atoms with Crippen molar-refractivity contribution in [3.05, 3.63) is 35.5 Å². The molecule has 1 saturated heterocycles. The summed E-state index contributed by atoms with van der Waals surface area (Å²) in [5.41, 5.74) is 8.77. The Hall–Kier alpha value is -1.83. The third-order valence-electron chi connectivity index (χ3n) is 5.58. The maximum Gasteiger partial charge on any atom is 0.184 e. The summed E-state index contributed by atoms with van der Waals surface area (Å²) >= 11 is 1.76. The highest BCUT2D eigenvalue weighted by Crippen LogP contribution is 2.45. The summed E-state index contributed by atoms with van der Waals surface area (Å²) in [6.45, 7) is 9.02. The van der Waals surface area contributed by atoms with Crippen LogP contribution in [0.1, 0.15) is 32.0 Å². The van der Waals surface area contributed by atoms with E-state index in [-0.39, 0.29) is 16.8 Å². The predicted octanol–water partition coefficient (Wildman–Crippen LogP) is 3.19. The molecule has 0 saturated carbocycles. The molecule has 0 bridgehead atoms. The van der Waals surface area contributed by atoms with Gasteiger partial charge in [0.25, 0.3) is 0 Å². The molecular formula is C21H28N4O2S. The molecule has 6 nitrogen and oxygen atoms in total. The first kappa shape index (κ1) is 19.5. The van der Waals surface area contributed by atoms with Gasteiger partial charge in [0.15, 0.2) is 17.4 Å². The molecular weight excluding hydrogens is 372 g/mol. The minimum atomic E-state index is -0.193. The largest absolute Gasteiger partial charge is 0.486 e. The van der Waals surface area contributed by atoms with Crippen LogP contribution in [-0.4, -0.2) is 48.1 Å². The average Bonchev–Trinajstić information content (AvgIpc) is 2.72. The normalized spacial score (nSPS) is 21.7. The Morgan fingerprint density at radius 2 is 1.93 bits per heavy atom. The topological polar surface area (TPSA) is 73.5 Å². The Kier molecular flexibility index (Phi) is 5.24. The minimum Gasteiger partial charge on any atom is -0.486 e. The summed E-state index contributed by atoms with van der Waals surface area (Å²) in [4.78, 5) is 12.3. The molecule has 0 spiro atoms. The Balaban J connectivity index is 1.89. The maximum absolute atomic E-state index is 6.21. The second kappa shape index (κ2) is 7.54. The molecule has 3 heterocycles. The third-order valence-corrected chi connectivity index (χ3v) is 6.79. The van der Waals surface area contributed by atoms with Crippen LogP contribution in [0.15, 0.2) is 24.3 Å². The number of morpholine rings is 1. The van der Waals surface area contributed by atoms with Crippen molar-refractivity contribution in [1.29, 1.82) is 0 Å². The van der Waals surface area contributed by atoms with Crippen molar-refractivity contribution >= 4 is 17.6 Å². The van der Waals surface area contributed by atoms with Crippen LogP contribution in [0.5, 0.6) is 5.75 Å². The summed E-state index contributed by atoms with van der Waals surface area (Å²) in [6, 6.07) is 8.59. The van der Waals surface area contributed by atoms with Crippen LogP contribution in [-0.2, 0) is 16.0 Å². The van der Waals surface area contributed by atoms with E-state index in [1.807, 2.05) is 24.3 Å². The summed E-state index contributed by atoms with van der Waals surface area (Å²) in [7, 11) is 0. The molecule has 2 aliphatic heterocycles. The van der Waals surface area contributed by atoms with Gasteiger partial charge in [-0.05, 0) is 32.6 Å². The van der Waals surface area contributed by atoms with Crippen LogP contribution >= 0.6 is 11.8 Å². The number of aromatic nitrogens is 2. The van der Waals surface area contributed by atoms with Gasteiger partial charge in [0, 0.05) is 12.1 Å². The van der Waals surface area contributed by atoms with Gasteiger partial charge < -0.3 is 20.1 Å². The van der Waals surface area contributed by atoms with Crippen molar-refractivity contribution in [1.82, 2.24) is 9.97 Å². The van der Waals surface area contributed by atoms with Crippen molar-refractivity contribution in [3.8, 4) is 17.1 Å². The molecule has 2 aromatic rings. The standard InChI is InChI=1S/C21H28N4O2S/c1-13-10-26-11-16-12-27-17-18(21(2,3)28-4)23-19(24-20(17)25(13)16)15-7-5-14(9-22)6-8-15/h5-8,13,16H,9-12,22H2,1-4H3/t13-,16+/m1/s1. The second-order valence-electron chi connectivity index (χ2n) is 7.92. The first-order valence-electron chi connectivity index (χ1n) is 9.70. The van der Waals surface area contributed by atoms with Crippen molar-refractivity contribution < 1.29 is 9.47 Å². The highest BCUT2D eigenvalue weighted by Gasteiger charge is 2.40. The SMILES string of the molecule is CSC(C)(C)c1nc(-c2ccc(CN)cc2)nc2c1OC[C@@H]1COC[C@@H](C)N21. The second-order valence-corrected chi connectivity index (χ2v) is 9.35. The van der Waals surface area contributed by atoms with E-state index < -0.39 is 0 Å². The number of hydrogen-bond donors (Lipinski definition) is 1. The Bertz CT molecular complexity index is 856. The first-order chi connectivity index (χ1) is 13.4. The lowest BCUT2D eigenvalue weighted by molar-refractivity contribution is 0.0482. The van der Waals surface area contributed by atoms with E-state index in [4.69, 9.17) is 25.2 Å². The van der Waals surface area contributed by atoms with E-state index in [0.29, 0.717) is 26.4 Å². The monoisotopic (exact) mass is 400 g/mol. The molecule has 0 amide bonds. The van der Waals surface area contributed by atoms with Crippen LogP contribution in [0.2, 0.25) is 0 Å². The number of hydrogen-bond acceptors (Lipinski definition) is 7. The molecule has 2 atom stereocenters. The predicted molar refractivity (Wildman–Crippen MR) is 114 cm³/mol. The van der Waals surface area contributed by atoms with E-state index in [1.54, 1.807) is 11.8 Å². The smallest absolute Gasteiger partial charge is 0.184 e. The molecule has 28 heavy (non-hydrogen) atoms.